The number of amides is 2. The van der Waals surface area contributed by atoms with Gasteiger partial charge in [0.15, 0.2) is 5.82 Å². The molecule has 2 aromatic heterocycles. The first-order chi connectivity index (χ1) is 16.0. The average molecular weight is 450 g/mol. The van der Waals surface area contributed by atoms with Gasteiger partial charge in [0.05, 0.1) is 11.6 Å². The van der Waals surface area contributed by atoms with Gasteiger partial charge in [-0.1, -0.05) is 19.3 Å². The number of H-pyrrole nitrogens is 1. The van der Waals surface area contributed by atoms with Crippen LogP contribution in [0.4, 0.5) is 5.82 Å². The van der Waals surface area contributed by atoms with Crippen LogP contribution in [-0.4, -0.2) is 44.8 Å². The largest absolute Gasteiger partial charge is 0.328 e. The van der Waals surface area contributed by atoms with Gasteiger partial charge in [0, 0.05) is 43.0 Å². The van der Waals surface area contributed by atoms with E-state index in [1.807, 2.05) is 11.8 Å². The normalized spacial score (nSPS) is 21.4. The highest BCUT2D eigenvalue weighted by atomic mass is 16.2. The molecule has 2 aromatic rings. The number of rotatable bonds is 4. The van der Waals surface area contributed by atoms with E-state index in [-0.39, 0.29) is 23.4 Å². The molecule has 174 valence electrons. The van der Waals surface area contributed by atoms with Crippen LogP contribution in [0.2, 0.25) is 0 Å². The summed E-state index contributed by atoms with van der Waals surface area (Å²) >= 11 is 0. The van der Waals surface area contributed by atoms with Gasteiger partial charge in [0.2, 0.25) is 11.5 Å². The number of carbonyl (C=O) groups excluding carboxylic acids is 2. The van der Waals surface area contributed by atoms with Crippen LogP contribution in [-0.2, 0) is 11.2 Å². The Kier molecular flexibility index (Phi) is 6.00. The molecule has 1 N–H and O–H groups in total. The summed E-state index contributed by atoms with van der Waals surface area (Å²) in [4.78, 5) is 53.5. The van der Waals surface area contributed by atoms with Crippen LogP contribution >= 0.6 is 0 Å². The van der Waals surface area contributed by atoms with E-state index in [4.69, 9.17) is 9.97 Å². The summed E-state index contributed by atoms with van der Waals surface area (Å²) in [5.74, 6) is 1.90. The summed E-state index contributed by atoms with van der Waals surface area (Å²) in [5, 5.41) is 0. The molecular formula is C25H31N5O3. The summed E-state index contributed by atoms with van der Waals surface area (Å²) in [6.07, 6.45) is 10.4. The third kappa shape index (κ3) is 4.30. The molecule has 0 bridgehead atoms. The van der Waals surface area contributed by atoms with Crippen LogP contribution < -0.4 is 10.5 Å². The van der Waals surface area contributed by atoms with E-state index in [9.17, 15) is 14.4 Å². The molecule has 2 fully saturated rings. The van der Waals surface area contributed by atoms with E-state index < -0.39 is 0 Å². The lowest BCUT2D eigenvalue weighted by molar-refractivity contribution is -0.119. The predicted molar refractivity (Wildman–Crippen MR) is 124 cm³/mol. The highest BCUT2D eigenvalue weighted by Gasteiger charge is 2.36. The Bertz CT molecular complexity index is 1100. The Labute approximate surface area is 193 Å². The maximum Gasteiger partial charge on any atom is 0.255 e. The summed E-state index contributed by atoms with van der Waals surface area (Å²) in [6.45, 7) is 3.33. The van der Waals surface area contributed by atoms with Crippen LogP contribution in [0.15, 0.2) is 23.1 Å². The van der Waals surface area contributed by atoms with E-state index in [1.165, 1.54) is 44.4 Å². The Morgan fingerprint density at radius 2 is 1.88 bits per heavy atom. The molecule has 1 saturated heterocycles. The van der Waals surface area contributed by atoms with Crippen molar-refractivity contribution in [2.45, 2.75) is 70.8 Å². The number of carbonyl (C=O) groups is 2. The fourth-order valence-electron chi connectivity index (χ4n) is 5.56. The van der Waals surface area contributed by atoms with Gasteiger partial charge in [0.1, 0.15) is 5.82 Å². The van der Waals surface area contributed by atoms with E-state index in [1.54, 1.807) is 11.0 Å². The SMILES string of the molecule is Cc1nc([C@@H]2CCCN2C(=O)c2ccc(=O)[nH]c2)nc2c1CCC(=O)N2CC1CCCCC1. The van der Waals surface area contributed by atoms with Gasteiger partial charge in [-0.05, 0) is 51.0 Å². The molecule has 8 nitrogen and oxygen atoms in total. The topological polar surface area (TPSA) is 99.3 Å². The number of fused-ring (bicyclic) bond motifs is 1. The number of nitrogens with one attached hydrogen (secondary N) is 1. The van der Waals surface area contributed by atoms with Crippen LogP contribution in [0.3, 0.4) is 0 Å². The van der Waals surface area contributed by atoms with E-state index in [2.05, 4.69) is 4.98 Å². The standard InChI is InChI=1S/C25H31N5O3/c1-16-19-10-12-22(32)30(15-17-6-3-2-4-7-17)24(19)28-23(27-16)20-8-5-13-29(20)25(33)18-9-11-21(31)26-14-18/h9,11,14,17,20H,2-8,10,12-13,15H2,1H3,(H,26,31)/t20-/m0/s1. The second-order valence-electron chi connectivity index (χ2n) is 9.58. The summed E-state index contributed by atoms with van der Waals surface area (Å²) in [5.41, 5.74) is 2.18. The minimum atomic E-state index is -0.235. The lowest BCUT2D eigenvalue weighted by Crippen LogP contribution is -2.41. The van der Waals surface area contributed by atoms with E-state index >= 15 is 0 Å². The van der Waals surface area contributed by atoms with Gasteiger partial charge >= 0.3 is 0 Å². The molecule has 5 rings (SSSR count). The van der Waals surface area contributed by atoms with Crippen molar-refractivity contribution < 1.29 is 9.59 Å². The second kappa shape index (κ2) is 9.08. The average Bonchev–Trinajstić information content (AvgIpc) is 3.31. The third-order valence-corrected chi connectivity index (χ3v) is 7.36. The zero-order valence-corrected chi connectivity index (χ0v) is 19.2. The van der Waals surface area contributed by atoms with Crippen molar-refractivity contribution >= 4 is 17.6 Å². The molecular weight excluding hydrogens is 418 g/mol. The first-order valence-corrected chi connectivity index (χ1v) is 12.2. The molecule has 2 amide bonds. The molecule has 0 unspecified atom stereocenters. The van der Waals surface area contributed by atoms with Crippen molar-refractivity contribution in [3.63, 3.8) is 0 Å². The molecule has 4 heterocycles. The predicted octanol–water partition coefficient (Wildman–Crippen LogP) is 3.31. The Morgan fingerprint density at radius 1 is 1.06 bits per heavy atom. The summed E-state index contributed by atoms with van der Waals surface area (Å²) in [6, 6.07) is 2.69. The first kappa shape index (κ1) is 21.8. The van der Waals surface area contributed by atoms with Crippen LogP contribution in [0.1, 0.15) is 84.8 Å². The summed E-state index contributed by atoms with van der Waals surface area (Å²) in [7, 11) is 0. The molecule has 0 spiro atoms. The molecule has 0 aromatic carbocycles. The fourth-order valence-corrected chi connectivity index (χ4v) is 5.56. The number of likely N-dealkylation sites (tertiary alicyclic amines) is 1. The lowest BCUT2D eigenvalue weighted by atomic mass is 9.88. The smallest absolute Gasteiger partial charge is 0.255 e. The third-order valence-electron chi connectivity index (χ3n) is 7.36. The minimum absolute atomic E-state index is 0.136. The van der Waals surface area contributed by atoms with Crippen molar-refractivity contribution in [2.24, 2.45) is 5.92 Å². The Balaban J connectivity index is 1.45. The lowest BCUT2D eigenvalue weighted by Gasteiger charge is -2.34. The van der Waals surface area contributed by atoms with Crippen molar-refractivity contribution in [1.29, 1.82) is 0 Å². The maximum absolute atomic E-state index is 13.2. The number of anilines is 1. The maximum atomic E-state index is 13.2. The van der Waals surface area contributed by atoms with Gasteiger partial charge in [0.25, 0.3) is 5.91 Å². The molecule has 0 radical (unpaired) electrons. The molecule has 1 atom stereocenters. The number of hydrogen-bond donors (Lipinski definition) is 1. The van der Waals surface area contributed by atoms with Gasteiger partial charge in [-0.2, -0.15) is 0 Å². The van der Waals surface area contributed by atoms with Gasteiger partial charge in [-0.25, -0.2) is 9.97 Å². The molecule has 3 aliphatic rings. The highest BCUT2D eigenvalue weighted by Crippen LogP contribution is 2.36. The number of pyridine rings is 1. The monoisotopic (exact) mass is 449 g/mol. The molecule has 1 aliphatic carbocycles. The Hall–Kier alpha value is -3.03. The number of aryl methyl sites for hydroxylation is 1. The number of hydrogen-bond acceptors (Lipinski definition) is 5. The minimum Gasteiger partial charge on any atom is -0.328 e. The number of aromatic amines is 1. The molecule has 33 heavy (non-hydrogen) atoms. The zero-order valence-electron chi connectivity index (χ0n) is 19.2. The van der Waals surface area contributed by atoms with Crippen LogP contribution in [0.25, 0.3) is 0 Å². The van der Waals surface area contributed by atoms with Gasteiger partial charge in [-0.15, -0.1) is 0 Å². The quantitative estimate of drug-likeness (QED) is 0.772. The molecule has 1 saturated carbocycles. The summed E-state index contributed by atoms with van der Waals surface area (Å²) < 4.78 is 0. The van der Waals surface area contributed by atoms with Gasteiger partial charge in [-0.3, -0.25) is 19.3 Å². The van der Waals surface area contributed by atoms with E-state index in [0.29, 0.717) is 36.7 Å². The van der Waals surface area contributed by atoms with Crippen molar-refractivity contribution in [2.75, 3.05) is 18.0 Å². The van der Waals surface area contributed by atoms with Crippen LogP contribution in [0.5, 0.6) is 0 Å². The first-order valence-electron chi connectivity index (χ1n) is 12.2. The van der Waals surface area contributed by atoms with Crippen molar-refractivity contribution in [3.8, 4) is 0 Å². The number of aromatic nitrogens is 3. The molecule has 2 aliphatic heterocycles. The Morgan fingerprint density at radius 3 is 2.64 bits per heavy atom. The second-order valence-corrected chi connectivity index (χ2v) is 9.58. The van der Waals surface area contributed by atoms with Crippen LogP contribution in [0, 0.1) is 12.8 Å². The van der Waals surface area contributed by atoms with Gasteiger partial charge < -0.3 is 9.88 Å². The zero-order chi connectivity index (χ0) is 22.9. The highest BCUT2D eigenvalue weighted by molar-refractivity contribution is 5.96. The van der Waals surface area contributed by atoms with Crippen molar-refractivity contribution in [1.82, 2.24) is 19.9 Å². The molecule has 8 heteroatoms. The fraction of sp³-hybridized carbons (Fsp3) is 0.560. The number of nitrogens with zero attached hydrogens (tertiary/aromatic N) is 4. The van der Waals surface area contributed by atoms with Crippen molar-refractivity contribution in [3.05, 3.63) is 51.3 Å². The van der Waals surface area contributed by atoms with E-state index in [0.717, 1.165) is 36.5 Å².